The molecule has 7 nitrogen and oxygen atoms in total. The number of methoxy groups -OCH3 is 1. The summed E-state index contributed by atoms with van der Waals surface area (Å²) in [5.74, 6) is -0.826. The molecule has 1 heterocycles. The molecule has 2 N–H and O–H groups in total. The average Bonchev–Trinajstić information content (AvgIpc) is 3.04. The van der Waals surface area contributed by atoms with Crippen LogP contribution < -0.4 is 10.1 Å². The lowest BCUT2D eigenvalue weighted by atomic mass is 10.0. The second-order valence-corrected chi connectivity index (χ2v) is 5.81. The summed E-state index contributed by atoms with van der Waals surface area (Å²) in [7, 11) is 1.56. The normalized spacial score (nSPS) is 18.1. The summed E-state index contributed by atoms with van der Waals surface area (Å²) in [5.41, 5.74) is 0.769. The Balaban J connectivity index is 2.14. The van der Waals surface area contributed by atoms with Crippen LogP contribution in [0.5, 0.6) is 5.75 Å². The van der Waals surface area contributed by atoms with Crippen LogP contribution >= 0.6 is 0 Å². The zero-order valence-corrected chi connectivity index (χ0v) is 13.8. The first-order valence-corrected chi connectivity index (χ1v) is 7.85. The van der Waals surface area contributed by atoms with Gasteiger partial charge in [-0.25, -0.2) is 4.79 Å². The van der Waals surface area contributed by atoms with Crippen molar-refractivity contribution in [2.24, 2.45) is 0 Å². The van der Waals surface area contributed by atoms with E-state index in [0.717, 1.165) is 5.56 Å². The molecule has 2 amide bonds. The highest BCUT2D eigenvalue weighted by Crippen LogP contribution is 2.24. The van der Waals surface area contributed by atoms with E-state index in [1.54, 1.807) is 31.4 Å². The number of nitrogens with zero attached hydrogens (tertiary/aromatic N) is 1. The molecule has 1 aliphatic heterocycles. The minimum absolute atomic E-state index is 0.0235. The van der Waals surface area contributed by atoms with Crippen LogP contribution in [0.25, 0.3) is 0 Å². The Bertz CT molecular complexity index is 614. The van der Waals surface area contributed by atoms with E-state index in [4.69, 9.17) is 4.74 Å². The Morgan fingerprint density at radius 1 is 1.33 bits per heavy atom. The molecule has 0 radical (unpaired) electrons. The van der Waals surface area contributed by atoms with E-state index in [1.165, 1.54) is 11.8 Å². The predicted octanol–water partition coefficient (Wildman–Crippen LogP) is 1.34. The Hall–Kier alpha value is -2.57. The van der Waals surface area contributed by atoms with Crippen LogP contribution in [0.4, 0.5) is 0 Å². The van der Waals surface area contributed by atoms with Crippen LogP contribution in [0.15, 0.2) is 24.3 Å². The van der Waals surface area contributed by atoms with Gasteiger partial charge in [-0.1, -0.05) is 12.1 Å². The van der Waals surface area contributed by atoms with E-state index in [-0.39, 0.29) is 18.2 Å². The fourth-order valence-corrected chi connectivity index (χ4v) is 2.95. The minimum Gasteiger partial charge on any atom is -0.497 e. The van der Waals surface area contributed by atoms with E-state index in [1.807, 2.05) is 0 Å². The first-order chi connectivity index (χ1) is 11.4. The smallest absolute Gasteiger partial charge is 0.326 e. The average molecular weight is 334 g/mol. The number of carbonyl (C=O) groups is 3. The number of benzene rings is 1. The monoisotopic (exact) mass is 334 g/mol. The van der Waals surface area contributed by atoms with Gasteiger partial charge in [0.2, 0.25) is 11.8 Å². The maximum absolute atomic E-state index is 12.5. The number of hydrogen-bond donors (Lipinski definition) is 2. The van der Waals surface area contributed by atoms with Gasteiger partial charge in [0.15, 0.2) is 0 Å². The number of amides is 2. The molecule has 1 aromatic carbocycles. The number of carbonyl (C=O) groups excluding carboxylic acids is 2. The van der Waals surface area contributed by atoms with Gasteiger partial charge < -0.3 is 20.1 Å². The molecule has 0 aromatic heterocycles. The van der Waals surface area contributed by atoms with Crippen molar-refractivity contribution in [3.05, 3.63) is 29.8 Å². The molecular weight excluding hydrogens is 312 g/mol. The minimum atomic E-state index is -0.985. The highest BCUT2D eigenvalue weighted by Gasteiger charge is 2.34. The van der Waals surface area contributed by atoms with Crippen LogP contribution in [0.1, 0.15) is 37.8 Å². The fraction of sp³-hybridized carbons (Fsp3) is 0.471. The molecule has 1 saturated heterocycles. The van der Waals surface area contributed by atoms with Crippen molar-refractivity contribution >= 4 is 17.8 Å². The number of hydrogen-bond acceptors (Lipinski definition) is 4. The van der Waals surface area contributed by atoms with Crippen molar-refractivity contribution in [3.63, 3.8) is 0 Å². The lowest BCUT2D eigenvalue weighted by molar-refractivity contribution is -0.148. The molecule has 24 heavy (non-hydrogen) atoms. The molecule has 0 saturated carbocycles. The van der Waals surface area contributed by atoms with Gasteiger partial charge in [-0.2, -0.15) is 0 Å². The molecule has 1 fully saturated rings. The van der Waals surface area contributed by atoms with Gasteiger partial charge in [0.05, 0.1) is 19.6 Å². The third-order valence-corrected chi connectivity index (χ3v) is 4.13. The van der Waals surface area contributed by atoms with Gasteiger partial charge >= 0.3 is 5.97 Å². The van der Waals surface area contributed by atoms with E-state index in [2.05, 4.69) is 5.32 Å². The van der Waals surface area contributed by atoms with Gasteiger partial charge in [0, 0.05) is 13.5 Å². The van der Waals surface area contributed by atoms with Crippen molar-refractivity contribution in [2.45, 2.75) is 38.3 Å². The second-order valence-electron chi connectivity index (χ2n) is 5.81. The summed E-state index contributed by atoms with van der Waals surface area (Å²) in [5, 5.41) is 12.0. The van der Waals surface area contributed by atoms with Crippen molar-refractivity contribution < 1.29 is 24.2 Å². The highest BCUT2D eigenvalue weighted by atomic mass is 16.5. The zero-order chi connectivity index (χ0) is 17.7. The molecule has 0 spiro atoms. The number of carboxylic acids is 1. The summed E-state index contributed by atoms with van der Waals surface area (Å²) >= 11 is 0. The summed E-state index contributed by atoms with van der Waals surface area (Å²) in [6, 6.07) is 5.80. The quantitative estimate of drug-likeness (QED) is 0.818. The maximum atomic E-state index is 12.5. The predicted molar refractivity (Wildman–Crippen MR) is 86.5 cm³/mol. The Labute approximate surface area is 140 Å². The molecule has 2 rings (SSSR count). The Morgan fingerprint density at radius 2 is 2.00 bits per heavy atom. The van der Waals surface area contributed by atoms with Crippen LogP contribution in [-0.2, 0) is 14.4 Å². The maximum Gasteiger partial charge on any atom is 0.326 e. The zero-order valence-electron chi connectivity index (χ0n) is 13.8. The number of ether oxygens (including phenoxy) is 1. The SMILES string of the molecule is COc1ccc(C(CC(=O)N2CCC[C@@H]2C(=O)O)NC(C)=O)cc1. The first-order valence-electron chi connectivity index (χ1n) is 7.85. The standard InChI is InChI=1S/C17H22N2O5/c1-11(20)18-14(12-5-7-13(24-2)8-6-12)10-16(21)19-9-3-4-15(19)17(22)23/h5-8,14-15H,3-4,9-10H2,1-2H3,(H,18,20)(H,22,23)/t14?,15-/m1/s1. The Kier molecular flexibility index (Phi) is 5.78. The molecule has 0 aliphatic carbocycles. The first kappa shape index (κ1) is 17.8. The second kappa shape index (κ2) is 7.81. The molecule has 2 atom stereocenters. The van der Waals surface area contributed by atoms with Gasteiger partial charge in [-0.15, -0.1) is 0 Å². The van der Waals surface area contributed by atoms with Crippen molar-refractivity contribution in [3.8, 4) is 5.75 Å². The van der Waals surface area contributed by atoms with E-state index >= 15 is 0 Å². The molecule has 130 valence electrons. The molecule has 7 heteroatoms. The summed E-state index contributed by atoms with van der Waals surface area (Å²) in [6.45, 7) is 1.82. The van der Waals surface area contributed by atoms with Gasteiger partial charge in [-0.3, -0.25) is 9.59 Å². The molecule has 1 aliphatic rings. The molecule has 0 bridgehead atoms. The Morgan fingerprint density at radius 3 is 2.54 bits per heavy atom. The summed E-state index contributed by atoms with van der Waals surface area (Å²) in [4.78, 5) is 36.6. The van der Waals surface area contributed by atoms with Gasteiger partial charge in [-0.05, 0) is 30.5 Å². The lowest BCUT2D eigenvalue weighted by Gasteiger charge is -2.25. The van der Waals surface area contributed by atoms with Crippen molar-refractivity contribution in [2.75, 3.05) is 13.7 Å². The van der Waals surface area contributed by atoms with Crippen LogP contribution in [0.3, 0.4) is 0 Å². The third kappa shape index (κ3) is 4.24. The van der Waals surface area contributed by atoms with Crippen LogP contribution in [-0.4, -0.2) is 47.5 Å². The number of likely N-dealkylation sites (tertiary alicyclic amines) is 1. The fourth-order valence-electron chi connectivity index (χ4n) is 2.95. The highest BCUT2D eigenvalue weighted by molar-refractivity contribution is 5.85. The number of rotatable bonds is 6. The topological polar surface area (TPSA) is 95.9 Å². The van der Waals surface area contributed by atoms with E-state index in [0.29, 0.717) is 25.1 Å². The number of carboxylic acid groups (broad SMARTS) is 1. The van der Waals surface area contributed by atoms with Gasteiger partial charge in [0.1, 0.15) is 11.8 Å². The van der Waals surface area contributed by atoms with Crippen molar-refractivity contribution in [1.82, 2.24) is 10.2 Å². The molecule has 1 aromatic rings. The molecular formula is C17H22N2O5. The molecule has 1 unspecified atom stereocenters. The van der Waals surface area contributed by atoms with Gasteiger partial charge in [0.25, 0.3) is 0 Å². The van der Waals surface area contributed by atoms with E-state index in [9.17, 15) is 19.5 Å². The van der Waals surface area contributed by atoms with Crippen LogP contribution in [0.2, 0.25) is 0 Å². The van der Waals surface area contributed by atoms with Crippen LogP contribution in [0, 0.1) is 0 Å². The van der Waals surface area contributed by atoms with E-state index < -0.39 is 18.1 Å². The lowest BCUT2D eigenvalue weighted by Crippen LogP contribution is -2.42. The number of aliphatic carboxylic acids is 1. The number of nitrogens with one attached hydrogen (secondary N) is 1. The third-order valence-electron chi connectivity index (χ3n) is 4.13. The largest absolute Gasteiger partial charge is 0.497 e. The summed E-state index contributed by atoms with van der Waals surface area (Å²) in [6.07, 6.45) is 1.17. The summed E-state index contributed by atoms with van der Waals surface area (Å²) < 4.78 is 5.11. The van der Waals surface area contributed by atoms with Crippen molar-refractivity contribution in [1.29, 1.82) is 0 Å².